The molecule has 1 amide bonds. The number of H-pyrrole nitrogens is 1. The van der Waals surface area contributed by atoms with Gasteiger partial charge in [0.25, 0.3) is 0 Å². The summed E-state index contributed by atoms with van der Waals surface area (Å²) < 4.78 is 0. The van der Waals surface area contributed by atoms with Gasteiger partial charge in [-0.3, -0.25) is 9.89 Å². The molecule has 0 unspecified atom stereocenters. The molecule has 0 spiro atoms. The Morgan fingerprint density at radius 1 is 1.67 bits per heavy atom. The minimum atomic E-state index is -0.000254. The Morgan fingerprint density at radius 2 is 2.60 bits per heavy atom. The Kier molecular flexibility index (Phi) is 3.29. The van der Waals surface area contributed by atoms with Crippen LogP contribution in [-0.2, 0) is 11.2 Å². The Morgan fingerprint density at radius 3 is 3.27 bits per heavy atom. The summed E-state index contributed by atoms with van der Waals surface area (Å²) >= 11 is 0. The third kappa shape index (κ3) is 2.76. The Labute approximate surface area is 87.9 Å². The van der Waals surface area contributed by atoms with Crippen molar-refractivity contribution in [1.82, 2.24) is 25.8 Å². The minimum Gasteiger partial charge on any atom is -0.354 e. The molecule has 15 heavy (non-hydrogen) atoms. The number of carbonyl (C=O) groups is 1. The van der Waals surface area contributed by atoms with Crippen LogP contribution in [0.25, 0.3) is 0 Å². The third-order valence-electron chi connectivity index (χ3n) is 2.50. The number of hydrogen-bond donors (Lipinski definition) is 3. The Hall–Kier alpha value is -1.43. The van der Waals surface area contributed by atoms with Crippen LogP contribution in [-0.4, -0.2) is 40.2 Å². The fourth-order valence-corrected chi connectivity index (χ4v) is 1.69. The van der Waals surface area contributed by atoms with Crippen LogP contribution in [0.2, 0.25) is 0 Å². The first-order valence-corrected chi connectivity index (χ1v) is 5.21. The highest BCUT2D eigenvalue weighted by Gasteiger charge is 2.21. The second-order valence-corrected chi connectivity index (χ2v) is 3.62. The summed E-state index contributed by atoms with van der Waals surface area (Å²) in [5.41, 5.74) is 0. The molecule has 0 bridgehead atoms. The third-order valence-corrected chi connectivity index (χ3v) is 2.50. The summed E-state index contributed by atoms with van der Waals surface area (Å²) in [7, 11) is 0. The lowest BCUT2D eigenvalue weighted by Crippen LogP contribution is -2.41. The van der Waals surface area contributed by atoms with Crippen LogP contribution in [0.3, 0.4) is 0 Å². The predicted octanol–water partition coefficient (Wildman–Crippen LogP) is -0.785. The van der Waals surface area contributed by atoms with Crippen LogP contribution in [0, 0.1) is 0 Å². The van der Waals surface area contributed by atoms with Gasteiger partial charge in [-0.15, -0.1) is 0 Å². The van der Waals surface area contributed by atoms with Gasteiger partial charge in [0.2, 0.25) is 5.91 Å². The highest BCUT2D eigenvalue weighted by Crippen LogP contribution is 2.04. The van der Waals surface area contributed by atoms with Crippen LogP contribution < -0.4 is 10.6 Å². The molecule has 1 aromatic rings. The Balaban J connectivity index is 1.67. The quantitative estimate of drug-likeness (QED) is 0.607. The van der Waals surface area contributed by atoms with Gasteiger partial charge in [0.15, 0.2) is 0 Å². The molecule has 0 saturated carbocycles. The smallest absolute Gasteiger partial charge is 0.237 e. The van der Waals surface area contributed by atoms with Gasteiger partial charge >= 0.3 is 0 Å². The average Bonchev–Trinajstić information content (AvgIpc) is 2.90. The normalized spacial score (nSPS) is 20.4. The zero-order valence-corrected chi connectivity index (χ0v) is 8.49. The van der Waals surface area contributed by atoms with Gasteiger partial charge in [-0.2, -0.15) is 5.10 Å². The number of rotatable bonds is 4. The molecule has 6 nitrogen and oxygen atoms in total. The molecule has 1 aliphatic rings. The number of hydrogen-bond acceptors (Lipinski definition) is 4. The second-order valence-electron chi connectivity index (χ2n) is 3.62. The van der Waals surface area contributed by atoms with Crippen molar-refractivity contribution in [3.63, 3.8) is 0 Å². The largest absolute Gasteiger partial charge is 0.354 e. The molecule has 6 heteroatoms. The number of aromatic amines is 1. The number of aromatic nitrogens is 3. The van der Waals surface area contributed by atoms with Crippen molar-refractivity contribution in [1.29, 1.82) is 0 Å². The van der Waals surface area contributed by atoms with E-state index in [-0.39, 0.29) is 11.9 Å². The summed E-state index contributed by atoms with van der Waals surface area (Å²) in [5, 5.41) is 12.5. The van der Waals surface area contributed by atoms with Crippen LogP contribution in [0.4, 0.5) is 0 Å². The van der Waals surface area contributed by atoms with E-state index in [1.165, 1.54) is 6.33 Å². The maximum absolute atomic E-state index is 11.6. The molecule has 0 aromatic carbocycles. The maximum Gasteiger partial charge on any atom is 0.237 e. The first-order chi connectivity index (χ1) is 7.36. The number of amides is 1. The van der Waals surface area contributed by atoms with Crippen molar-refractivity contribution in [3.8, 4) is 0 Å². The lowest BCUT2D eigenvalue weighted by atomic mass is 10.2. The molecule has 82 valence electrons. The first-order valence-electron chi connectivity index (χ1n) is 5.21. The lowest BCUT2D eigenvalue weighted by molar-refractivity contribution is -0.122. The molecule has 1 fully saturated rings. The Bertz CT molecular complexity index is 304. The SMILES string of the molecule is O=C(NCCc1ncn[nH]1)[C@H]1CCCN1. The van der Waals surface area contributed by atoms with Crippen molar-refractivity contribution in [2.75, 3.05) is 13.1 Å². The number of nitrogens with one attached hydrogen (secondary N) is 3. The van der Waals surface area contributed by atoms with Gasteiger partial charge in [-0.25, -0.2) is 4.98 Å². The molecule has 1 aliphatic heterocycles. The van der Waals surface area contributed by atoms with E-state index in [0.717, 1.165) is 25.2 Å². The van der Waals surface area contributed by atoms with E-state index < -0.39 is 0 Å². The summed E-state index contributed by atoms with van der Waals surface area (Å²) in [4.78, 5) is 15.5. The van der Waals surface area contributed by atoms with E-state index >= 15 is 0 Å². The van der Waals surface area contributed by atoms with E-state index in [1.807, 2.05) is 0 Å². The molecular weight excluding hydrogens is 194 g/mol. The topological polar surface area (TPSA) is 82.7 Å². The predicted molar refractivity (Wildman–Crippen MR) is 54.1 cm³/mol. The molecular formula is C9H15N5O. The van der Waals surface area contributed by atoms with Crippen molar-refractivity contribution < 1.29 is 4.79 Å². The molecule has 0 radical (unpaired) electrons. The number of carbonyl (C=O) groups excluding carboxylic acids is 1. The van der Waals surface area contributed by atoms with Gasteiger partial charge < -0.3 is 10.6 Å². The van der Waals surface area contributed by atoms with E-state index in [0.29, 0.717) is 13.0 Å². The standard InChI is InChI=1S/C9H15N5O/c15-9(7-2-1-4-10-7)11-5-3-8-12-6-13-14-8/h6-7,10H,1-5H2,(H,11,15)(H,12,13,14)/t7-/m1/s1. The molecule has 1 atom stereocenters. The van der Waals surface area contributed by atoms with E-state index in [9.17, 15) is 4.79 Å². The number of nitrogens with zero attached hydrogens (tertiary/aromatic N) is 2. The van der Waals surface area contributed by atoms with Gasteiger partial charge in [0.05, 0.1) is 6.04 Å². The fraction of sp³-hybridized carbons (Fsp3) is 0.667. The molecule has 2 rings (SSSR count). The van der Waals surface area contributed by atoms with Crippen LogP contribution in [0.1, 0.15) is 18.7 Å². The molecule has 1 saturated heterocycles. The van der Waals surface area contributed by atoms with Crippen molar-refractivity contribution >= 4 is 5.91 Å². The van der Waals surface area contributed by atoms with E-state index in [1.54, 1.807) is 0 Å². The van der Waals surface area contributed by atoms with Crippen LogP contribution >= 0.6 is 0 Å². The van der Waals surface area contributed by atoms with Crippen LogP contribution in [0.5, 0.6) is 0 Å². The van der Waals surface area contributed by atoms with E-state index in [4.69, 9.17) is 0 Å². The minimum absolute atomic E-state index is 0.000254. The zero-order chi connectivity index (χ0) is 10.5. The van der Waals surface area contributed by atoms with Crippen molar-refractivity contribution in [2.24, 2.45) is 0 Å². The summed E-state index contributed by atoms with van der Waals surface area (Å²) in [6.45, 7) is 1.55. The highest BCUT2D eigenvalue weighted by molar-refractivity contribution is 5.81. The van der Waals surface area contributed by atoms with Gasteiger partial charge in [-0.1, -0.05) is 0 Å². The monoisotopic (exact) mass is 209 g/mol. The lowest BCUT2D eigenvalue weighted by Gasteiger charge is -2.09. The van der Waals surface area contributed by atoms with Gasteiger partial charge in [0.1, 0.15) is 12.2 Å². The second kappa shape index (κ2) is 4.88. The van der Waals surface area contributed by atoms with Crippen LogP contribution in [0.15, 0.2) is 6.33 Å². The van der Waals surface area contributed by atoms with Crippen molar-refractivity contribution in [3.05, 3.63) is 12.2 Å². The maximum atomic E-state index is 11.6. The highest BCUT2D eigenvalue weighted by atomic mass is 16.2. The van der Waals surface area contributed by atoms with Gasteiger partial charge in [-0.05, 0) is 19.4 Å². The average molecular weight is 209 g/mol. The van der Waals surface area contributed by atoms with Crippen molar-refractivity contribution in [2.45, 2.75) is 25.3 Å². The summed E-state index contributed by atoms with van der Waals surface area (Å²) in [5.74, 6) is 0.890. The van der Waals surface area contributed by atoms with E-state index in [2.05, 4.69) is 25.8 Å². The fourth-order valence-electron chi connectivity index (χ4n) is 1.69. The molecule has 2 heterocycles. The summed E-state index contributed by atoms with van der Waals surface area (Å²) in [6, 6.07) is -0.000254. The zero-order valence-electron chi connectivity index (χ0n) is 8.49. The molecule has 3 N–H and O–H groups in total. The molecule has 0 aliphatic carbocycles. The van der Waals surface area contributed by atoms with Gasteiger partial charge in [0, 0.05) is 13.0 Å². The first kappa shape index (κ1) is 10.1. The molecule has 1 aromatic heterocycles. The summed E-state index contributed by atoms with van der Waals surface area (Å²) in [6.07, 6.45) is 4.18.